The summed E-state index contributed by atoms with van der Waals surface area (Å²) >= 11 is 0. The van der Waals surface area contributed by atoms with E-state index >= 15 is 0 Å². The van der Waals surface area contributed by atoms with Crippen LogP contribution >= 0.6 is 0 Å². The standard InChI is InChI=1S/C11H14N2O4/c12-10(16)5-7(11(13)17)3-6-1-2-8(14)9(15)4-6/h1-2,4,7,14-15H,3,5H2,(H2,12,16)(H2,13,17). The number of primary amides is 2. The molecule has 0 fully saturated rings. The molecule has 0 aliphatic carbocycles. The molecule has 92 valence electrons. The summed E-state index contributed by atoms with van der Waals surface area (Å²) in [4.78, 5) is 21.8. The fourth-order valence-corrected chi connectivity index (χ4v) is 1.50. The van der Waals surface area contributed by atoms with Crippen molar-refractivity contribution in [2.45, 2.75) is 12.8 Å². The van der Waals surface area contributed by atoms with Gasteiger partial charge in [-0.05, 0) is 24.1 Å². The Morgan fingerprint density at radius 2 is 1.82 bits per heavy atom. The van der Waals surface area contributed by atoms with E-state index in [4.69, 9.17) is 16.6 Å². The number of benzene rings is 1. The summed E-state index contributed by atoms with van der Waals surface area (Å²) < 4.78 is 0. The molecule has 0 radical (unpaired) electrons. The van der Waals surface area contributed by atoms with Crippen LogP contribution in [0, 0.1) is 5.92 Å². The Hall–Kier alpha value is -2.24. The van der Waals surface area contributed by atoms with E-state index in [0.29, 0.717) is 5.56 Å². The van der Waals surface area contributed by atoms with Gasteiger partial charge in [-0.3, -0.25) is 9.59 Å². The van der Waals surface area contributed by atoms with Crippen LogP contribution in [0.4, 0.5) is 0 Å². The molecule has 1 rings (SSSR count). The van der Waals surface area contributed by atoms with E-state index in [1.165, 1.54) is 18.2 Å². The maximum Gasteiger partial charge on any atom is 0.221 e. The van der Waals surface area contributed by atoms with E-state index in [-0.39, 0.29) is 24.3 Å². The fraction of sp³-hybridized carbons (Fsp3) is 0.273. The molecular weight excluding hydrogens is 224 g/mol. The van der Waals surface area contributed by atoms with Crippen molar-refractivity contribution in [1.29, 1.82) is 0 Å². The lowest BCUT2D eigenvalue weighted by Gasteiger charge is -2.11. The summed E-state index contributed by atoms with van der Waals surface area (Å²) in [5, 5.41) is 18.4. The number of carbonyl (C=O) groups is 2. The van der Waals surface area contributed by atoms with Crippen molar-refractivity contribution in [2.24, 2.45) is 17.4 Å². The minimum Gasteiger partial charge on any atom is -0.504 e. The molecule has 0 saturated carbocycles. The average Bonchev–Trinajstić information content (AvgIpc) is 2.21. The maximum absolute atomic E-state index is 11.1. The van der Waals surface area contributed by atoms with Gasteiger partial charge in [-0.25, -0.2) is 0 Å². The van der Waals surface area contributed by atoms with Crippen molar-refractivity contribution in [2.75, 3.05) is 0 Å². The number of rotatable bonds is 5. The predicted molar refractivity (Wildman–Crippen MR) is 60.0 cm³/mol. The second-order valence-corrected chi connectivity index (χ2v) is 3.80. The molecule has 0 spiro atoms. The maximum atomic E-state index is 11.1. The number of hydrogen-bond donors (Lipinski definition) is 4. The summed E-state index contributed by atoms with van der Waals surface area (Å²) in [5.41, 5.74) is 10.7. The van der Waals surface area contributed by atoms with Gasteiger partial charge in [0, 0.05) is 6.42 Å². The van der Waals surface area contributed by atoms with Gasteiger partial charge in [0.25, 0.3) is 0 Å². The van der Waals surface area contributed by atoms with Gasteiger partial charge in [-0.1, -0.05) is 6.07 Å². The molecule has 6 nitrogen and oxygen atoms in total. The van der Waals surface area contributed by atoms with Crippen LogP contribution in [0.15, 0.2) is 18.2 Å². The Morgan fingerprint density at radius 3 is 2.29 bits per heavy atom. The zero-order valence-corrected chi connectivity index (χ0v) is 9.09. The Balaban J connectivity index is 2.82. The lowest BCUT2D eigenvalue weighted by atomic mass is 9.95. The van der Waals surface area contributed by atoms with Crippen molar-refractivity contribution in [3.8, 4) is 11.5 Å². The normalized spacial score (nSPS) is 12.0. The van der Waals surface area contributed by atoms with Crippen molar-refractivity contribution >= 4 is 11.8 Å². The highest BCUT2D eigenvalue weighted by Gasteiger charge is 2.19. The molecule has 1 unspecified atom stereocenters. The van der Waals surface area contributed by atoms with Crippen LogP contribution in [0.5, 0.6) is 11.5 Å². The van der Waals surface area contributed by atoms with E-state index < -0.39 is 17.7 Å². The number of hydrogen-bond acceptors (Lipinski definition) is 4. The van der Waals surface area contributed by atoms with E-state index in [1.807, 2.05) is 0 Å². The quantitative estimate of drug-likeness (QED) is 0.521. The largest absolute Gasteiger partial charge is 0.504 e. The second kappa shape index (κ2) is 5.20. The van der Waals surface area contributed by atoms with Crippen molar-refractivity contribution in [1.82, 2.24) is 0 Å². The average molecular weight is 238 g/mol. The highest BCUT2D eigenvalue weighted by Crippen LogP contribution is 2.26. The Morgan fingerprint density at radius 1 is 1.18 bits per heavy atom. The van der Waals surface area contributed by atoms with Gasteiger partial charge >= 0.3 is 0 Å². The van der Waals surface area contributed by atoms with E-state index in [9.17, 15) is 14.7 Å². The van der Waals surface area contributed by atoms with Gasteiger partial charge in [0.15, 0.2) is 11.5 Å². The first kappa shape index (κ1) is 12.8. The number of amides is 2. The molecule has 0 saturated heterocycles. The van der Waals surface area contributed by atoms with Gasteiger partial charge in [0.2, 0.25) is 11.8 Å². The highest BCUT2D eigenvalue weighted by atomic mass is 16.3. The zero-order valence-electron chi connectivity index (χ0n) is 9.09. The molecule has 1 aromatic rings. The van der Waals surface area contributed by atoms with E-state index in [1.54, 1.807) is 0 Å². The smallest absolute Gasteiger partial charge is 0.221 e. The Labute approximate surface area is 97.8 Å². The monoisotopic (exact) mass is 238 g/mol. The molecule has 0 aromatic heterocycles. The molecule has 0 aliphatic rings. The van der Waals surface area contributed by atoms with Crippen LogP contribution in [0.2, 0.25) is 0 Å². The van der Waals surface area contributed by atoms with Crippen LogP contribution in [-0.4, -0.2) is 22.0 Å². The second-order valence-electron chi connectivity index (χ2n) is 3.80. The van der Waals surface area contributed by atoms with Crippen molar-refractivity contribution in [3.63, 3.8) is 0 Å². The third-order valence-corrected chi connectivity index (χ3v) is 2.37. The number of phenolic OH excluding ortho intramolecular Hbond substituents is 2. The highest BCUT2D eigenvalue weighted by molar-refractivity contribution is 5.84. The zero-order chi connectivity index (χ0) is 13.0. The molecule has 0 aliphatic heterocycles. The number of aromatic hydroxyl groups is 2. The molecule has 6 N–H and O–H groups in total. The third-order valence-electron chi connectivity index (χ3n) is 2.37. The molecular formula is C11H14N2O4. The van der Waals surface area contributed by atoms with Gasteiger partial charge in [0.05, 0.1) is 5.92 Å². The first-order chi connectivity index (χ1) is 7.90. The predicted octanol–water partition coefficient (Wildman–Crippen LogP) is -0.383. The minimum atomic E-state index is -0.712. The molecule has 1 atom stereocenters. The summed E-state index contributed by atoms with van der Waals surface area (Å²) in [6, 6.07) is 4.14. The molecule has 0 heterocycles. The number of carbonyl (C=O) groups excluding carboxylic acids is 2. The molecule has 0 bridgehead atoms. The Kier molecular flexibility index (Phi) is 3.92. The molecule has 1 aromatic carbocycles. The van der Waals surface area contributed by atoms with Crippen LogP contribution in [0.1, 0.15) is 12.0 Å². The number of phenols is 2. The van der Waals surface area contributed by atoms with Crippen LogP contribution < -0.4 is 11.5 Å². The van der Waals surface area contributed by atoms with Crippen molar-refractivity contribution < 1.29 is 19.8 Å². The first-order valence-corrected chi connectivity index (χ1v) is 4.98. The van der Waals surface area contributed by atoms with Crippen LogP contribution in [-0.2, 0) is 16.0 Å². The van der Waals surface area contributed by atoms with Crippen LogP contribution in [0.25, 0.3) is 0 Å². The lowest BCUT2D eigenvalue weighted by molar-refractivity contribution is -0.126. The lowest BCUT2D eigenvalue weighted by Crippen LogP contribution is -2.29. The van der Waals surface area contributed by atoms with Crippen LogP contribution in [0.3, 0.4) is 0 Å². The molecule has 17 heavy (non-hydrogen) atoms. The Bertz CT molecular complexity index is 445. The van der Waals surface area contributed by atoms with Gasteiger partial charge in [0.1, 0.15) is 0 Å². The third kappa shape index (κ3) is 3.67. The summed E-state index contributed by atoms with van der Waals surface area (Å²) in [6.45, 7) is 0. The summed E-state index contributed by atoms with van der Waals surface area (Å²) in [5.74, 6) is -2.49. The fourth-order valence-electron chi connectivity index (χ4n) is 1.50. The van der Waals surface area contributed by atoms with E-state index in [2.05, 4.69) is 0 Å². The van der Waals surface area contributed by atoms with E-state index in [0.717, 1.165) is 0 Å². The van der Waals surface area contributed by atoms with Gasteiger partial charge in [-0.2, -0.15) is 0 Å². The SMILES string of the molecule is NC(=O)CC(Cc1ccc(O)c(O)c1)C(N)=O. The van der Waals surface area contributed by atoms with Gasteiger partial charge in [-0.15, -0.1) is 0 Å². The number of nitrogens with two attached hydrogens (primary N) is 2. The first-order valence-electron chi connectivity index (χ1n) is 4.98. The molecule has 6 heteroatoms. The molecule has 2 amide bonds. The minimum absolute atomic E-state index is 0.142. The van der Waals surface area contributed by atoms with Gasteiger partial charge < -0.3 is 21.7 Å². The summed E-state index contributed by atoms with van der Waals surface area (Å²) in [6.07, 6.45) is 0.0447. The topological polar surface area (TPSA) is 127 Å². The summed E-state index contributed by atoms with van der Waals surface area (Å²) in [7, 11) is 0. The van der Waals surface area contributed by atoms with Crippen molar-refractivity contribution in [3.05, 3.63) is 23.8 Å².